The van der Waals surface area contributed by atoms with Gasteiger partial charge >= 0.3 is 0 Å². The van der Waals surface area contributed by atoms with Gasteiger partial charge in [0.15, 0.2) is 0 Å². The van der Waals surface area contributed by atoms with E-state index < -0.39 is 0 Å². The maximum Gasteiger partial charge on any atom is 0.256 e. The summed E-state index contributed by atoms with van der Waals surface area (Å²) in [5, 5.41) is 3.64. The van der Waals surface area contributed by atoms with Crippen molar-refractivity contribution >= 4 is 22.7 Å². The number of morpholine rings is 1. The molecule has 0 bridgehead atoms. The van der Waals surface area contributed by atoms with E-state index in [0.29, 0.717) is 26.2 Å². The number of para-hydroxylation sites is 1. The number of aromatic nitrogens is 1. The highest BCUT2D eigenvalue weighted by Crippen LogP contribution is 2.33. The summed E-state index contributed by atoms with van der Waals surface area (Å²) in [6.45, 7) is 2.11. The number of carbonyl (C=O) groups excluding carboxylic acids is 2. The summed E-state index contributed by atoms with van der Waals surface area (Å²) in [5.74, 6) is -0.00235. The highest BCUT2D eigenvalue weighted by molar-refractivity contribution is 6.07. The highest BCUT2D eigenvalue weighted by atomic mass is 16.5. The van der Waals surface area contributed by atoms with Gasteiger partial charge in [0.25, 0.3) is 5.91 Å². The van der Waals surface area contributed by atoms with Gasteiger partial charge in [0.05, 0.1) is 25.3 Å². The fourth-order valence-electron chi connectivity index (χ4n) is 4.10. The van der Waals surface area contributed by atoms with Crippen LogP contribution in [0.5, 0.6) is 0 Å². The average molecular weight is 356 g/mol. The van der Waals surface area contributed by atoms with Crippen LogP contribution in [0.1, 0.15) is 10.4 Å². The van der Waals surface area contributed by atoms with Gasteiger partial charge < -0.3 is 19.5 Å². The van der Waals surface area contributed by atoms with E-state index in [1.807, 2.05) is 58.9 Å². The molecule has 4 rings (SSSR count). The molecule has 2 amide bonds. The van der Waals surface area contributed by atoms with E-state index in [1.54, 1.807) is 7.05 Å². The predicted octanol–water partition coefficient (Wildman–Crippen LogP) is 0.450. The van der Waals surface area contributed by atoms with Gasteiger partial charge in [0, 0.05) is 37.7 Å². The van der Waals surface area contributed by atoms with Gasteiger partial charge in [-0.05, 0) is 13.1 Å². The smallest absolute Gasteiger partial charge is 0.256 e. The van der Waals surface area contributed by atoms with Crippen molar-refractivity contribution in [1.82, 2.24) is 19.7 Å². The molecule has 0 aliphatic carbocycles. The monoisotopic (exact) mass is 356 g/mol. The van der Waals surface area contributed by atoms with Crippen LogP contribution in [0.25, 0.3) is 10.9 Å². The van der Waals surface area contributed by atoms with E-state index in [-0.39, 0.29) is 23.5 Å². The fourth-order valence-corrected chi connectivity index (χ4v) is 4.10. The number of benzene rings is 1. The molecular weight excluding hydrogens is 332 g/mol. The number of ether oxygens (including phenoxy) is 1. The largest absolute Gasteiger partial charge is 0.368 e. The van der Waals surface area contributed by atoms with Gasteiger partial charge in [-0.2, -0.15) is 0 Å². The molecule has 1 aromatic heterocycles. The number of rotatable bonds is 2. The van der Waals surface area contributed by atoms with E-state index in [2.05, 4.69) is 5.32 Å². The molecule has 2 fully saturated rings. The van der Waals surface area contributed by atoms with E-state index in [0.717, 1.165) is 16.5 Å². The fraction of sp³-hybridized carbons (Fsp3) is 0.474. The van der Waals surface area contributed by atoms with Crippen LogP contribution in [0.4, 0.5) is 0 Å². The lowest BCUT2D eigenvalue weighted by Crippen LogP contribution is -2.73. The Labute approximate surface area is 152 Å². The second kappa shape index (κ2) is 6.10. The van der Waals surface area contributed by atoms with E-state index in [1.165, 1.54) is 0 Å². The molecule has 3 heterocycles. The Morgan fingerprint density at radius 2 is 1.92 bits per heavy atom. The van der Waals surface area contributed by atoms with Gasteiger partial charge in [-0.25, -0.2) is 0 Å². The minimum Gasteiger partial charge on any atom is -0.368 e. The van der Waals surface area contributed by atoms with Crippen molar-refractivity contribution in [2.75, 3.05) is 40.3 Å². The van der Waals surface area contributed by atoms with Crippen LogP contribution in [0.3, 0.4) is 0 Å². The molecule has 1 aromatic carbocycles. The molecule has 0 saturated carbocycles. The van der Waals surface area contributed by atoms with Crippen LogP contribution in [0, 0.1) is 0 Å². The molecule has 1 spiro atoms. The predicted molar refractivity (Wildman–Crippen MR) is 98.0 cm³/mol. The summed E-state index contributed by atoms with van der Waals surface area (Å²) in [6, 6.07) is 7.66. The average Bonchev–Trinajstić information content (AvgIpc) is 2.95. The van der Waals surface area contributed by atoms with Crippen LogP contribution >= 0.6 is 0 Å². The number of carbonyl (C=O) groups is 2. The number of amides is 2. The SMILES string of the molecule is CNC(=O)C1COC2(CN(C(=O)c3cn(C)c4ccccc34)C2)CN1C. The van der Waals surface area contributed by atoms with Crippen molar-refractivity contribution < 1.29 is 14.3 Å². The van der Waals surface area contributed by atoms with Gasteiger partial charge in [0.1, 0.15) is 11.6 Å². The van der Waals surface area contributed by atoms with Crippen molar-refractivity contribution in [3.05, 3.63) is 36.0 Å². The third-order valence-corrected chi connectivity index (χ3v) is 5.54. The summed E-state index contributed by atoms with van der Waals surface area (Å²) in [5.41, 5.74) is 1.41. The van der Waals surface area contributed by atoms with Crippen molar-refractivity contribution in [1.29, 1.82) is 0 Å². The lowest BCUT2D eigenvalue weighted by Gasteiger charge is -2.54. The molecule has 26 heavy (non-hydrogen) atoms. The minimum absolute atomic E-state index is 0.0344. The third kappa shape index (κ3) is 2.59. The number of nitrogens with zero attached hydrogens (tertiary/aromatic N) is 3. The standard InChI is InChI=1S/C19H24N4O3/c1-20-17(24)16-9-26-19(10-22(16)3)11-23(12-19)18(25)14-8-21(2)15-7-5-4-6-13(14)15/h4-8,16H,9-12H2,1-3H3,(H,20,24). The second-order valence-electron chi connectivity index (χ2n) is 7.37. The van der Waals surface area contributed by atoms with Crippen LogP contribution in [0.15, 0.2) is 30.5 Å². The summed E-state index contributed by atoms with van der Waals surface area (Å²) in [7, 11) is 5.52. The zero-order valence-electron chi connectivity index (χ0n) is 15.4. The van der Waals surface area contributed by atoms with E-state index >= 15 is 0 Å². The second-order valence-corrected chi connectivity index (χ2v) is 7.37. The number of likely N-dealkylation sites (tertiary alicyclic amines) is 1. The first-order valence-corrected chi connectivity index (χ1v) is 8.83. The Morgan fingerprint density at radius 3 is 2.62 bits per heavy atom. The Kier molecular flexibility index (Phi) is 4.00. The number of nitrogens with one attached hydrogen (secondary N) is 1. The first-order chi connectivity index (χ1) is 12.4. The van der Waals surface area contributed by atoms with E-state index in [4.69, 9.17) is 4.74 Å². The topological polar surface area (TPSA) is 66.8 Å². The van der Waals surface area contributed by atoms with E-state index in [9.17, 15) is 9.59 Å². The number of aryl methyl sites for hydroxylation is 1. The molecular formula is C19H24N4O3. The molecule has 2 saturated heterocycles. The summed E-state index contributed by atoms with van der Waals surface area (Å²) < 4.78 is 8.00. The minimum atomic E-state index is -0.362. The zero-order chi connectivity index (χ0) is 18.5. The van der Waals surface area contributed by atoms with Crippen molar-refractivity contribution in [2.45, 2.75) is 11.6 Å². The summed E-state index contributed by atoms with van der Waals surface area (Å²) >= 11 is 0. The molecule has 1 unspecified atom stereocenters. The zero-order valence-corrected chi connectivity index (χ0v) is 15.4. The van der Waals surface area contributed by atoms with Crippen LogP contribution < -0.4 is 5.32 Å². The van der Waals surface area contributed by atoms with Crippen LogP contribution in [-0.4, -0.2) is 78.2 Å². The normalized spacial score (nSPS) is 22.4. The lowest BCUT2D eigenvalue weighted by atomic mass is 9.90. The first kappa shape index (κ1) is 17.1. The Balaban J connectivity index is 1.46. The molecule has 138 valence electrons. The Bertz CT molecular complexity index is 869. The maximum atomic E-state index is 13.0. The van der Waals surface area contributed by atoms with Crippen molar-refractivity contribution in [3.8, 4) is 0 Å². The molecule has 7 nitrogen and oxygen atoms in total. The van der Waals surface area contributed by atoms with Gasteiger partial charge in [-0.15, -0.1) is 0 Å². The highest BCUT2D eigenvalue weighted by Gasteiger charge is 2.51. The number of hydrogen-bond donors (Lipinski definition) is 1. The Morgan fingerprint density at radius 1 is 1.19 bits per heavy atom. The Hall–Kier alpha value is -2.38. The van der Waals surface area contributed by atoms with Crippen LogP contribution in [0.2, 0.25) is 0 Å². The quantitative estimate of drug-likeness (QED) is 0.849. The number of likely N-dealkylation sites (N-methyl/N-ethyl adjacent to an activating group) is 2. The molecule has 1 atom stereocenters. The number of hydrogen-bond acceptors (Lipinski definition) is 4. The molecule has 1 N–H and O–H groups in total. The van der Waals surface area contributed by atoms with Gasteiger partial charge in [-0.1, -0.05) is 18.2 Å². The molecule has 2 aliphatic rings. The number of fused-ring (bicyclic) bond motifs is 1. The molecule has 0 radical (unpaired) electrons. The first-order valence-electron chi connectivity index (χ1n) is 8.83. The maximum absolute atomic E-state index is 13.0. The molecule has 7 heteroatoms. The molecule has 2 aromatic rings. The van der Waals surface area contributed by atoms with Crippen molar-refractivity contribution in [2.24, 2.45) is 7.05 Å². The summed E-state index contributed by atoms with van der Waals surface area (Å²) in [6.07, 6.45) is 1.90. The van der Waals surface area contributed by atoms with Gasteiger partial charge in [0.2, 0.25) is 5.91 Å². The third-order valence-electron chi connectivity index (χ3n) is 5.54. The van der Waals surface area contributed by atoms with Crippen molar-refractivity contribution in [3.63, 3.8) is 0 Å². The summed E-state index contributed by atoms with van der Waals surface area (Å²) in [4.78, 5) is 28.7. The van der Waals surface area contributed by atoms with Crippen LogP contribution in [-0.2, 0) is 16.6 Å². The lowest BCUT2D eigenvalue weighted by molar-refractivity contribution is -0.187. The van der Waals surface area contributed by atoms with Gasteiger partial charge in [-0.3, -0.25) is 14.5 Å². The molecule has 2 aliphatic heterocycles.